The molecule has 17 heteroatoms. The number of carbonyl (C=O) groups excluding carboxylic acids is 5. The first-order chi connectivity index (χ1) is 38.9. The van der Waals surface area contributed by atoms with Crippen LogP contribution in [-0.2, 0) is 30.0 Å². The normalized spacial score (nSPS) is 16.0. The molecule has 0 aromatic heterocycles. The van der Waals surface area contributed by atoms with Crippen molar-refractivity contribution in [2.45, 2.75) is 122 Å². The van der Waals surface area contributed by atoms with Crippen LogP contribution in [0.25, 0.3) is 6.08 Å². The number of carbonyl (C=O) groups is 5. The number of aldehydes is 1. The van der Waals surface area contributed by atoms with Gasteiger partial charge in [-0.25, -0.2) is 0 Å². The molecule has 4 amide bonds. The smallest absolute Gasteiger partial charge is 0.221 e. The van der Waals surface area contributed by atoms with Crippen molar-refractivity contribution in [2.24, 2.45) is 0 Å². The van der Waals surface area contributed by atoms with E-state index in [1.165, 1.54) is 85.8 Å². The third-order valence-electron chi connectivity index (χ3n) is 16.3. The highest BCUT2D eigenvalue weighted by molar-refractivity contribution is 6.05. The van der Waals surface area contributed by atoms with Gasteiger partial charge in [0.15, 0.2) is 11.4 Å². The van der Waals surface area contributed by atoms with Crippen LogP contribution in [0, 0.1) is 0 Å². The summed E-state index contributed by atoms with van der Waals surface area (Å²) in [6, 6.07) is 33.6. The number of allylic oxidation sites excluding steroid dienone is 1. The van der Waals surface area contributed by atoms with E-state index in [1.54, 1.807) is 40.3 Å². The van der Waals surface area contributed by atoms with Gasteiger partial charge in [-0.15, -0.1) is 0 Å². The van der Waals surface area contributed by atoms with Crippen LogP contribution in [0.4, 0.5) is 22.7 Å². The van der Waals surface area contributed by atoms with E-state index in [0.717, 1.165) is 61.6 Å². The molecule has 4 heterocycles. The summed E-state index contributed by atoms with van der Waals surface area (Å²) >= 11 is 0. The van der Waals surface area contributed by atoms with Crippen LogP contribution in [0.3, 0.4) is 0 Å². The Kier molecular flexibility index (Phi) is 30.4. The predicted octanol–water partition coefficient (Wildman–Crippen LogP) is 5.40. The molecule has 449 valence electrons. The maximum absolute atomic E-state index is 11.7. The molecule has 1 atom stereocenters. The van der Waals surface area contributed by atoms with Crippen LogP contribution in [-0.4, -0.2) is 164 Å². The second-order valence-corrected chi connectivity index (χ2v) is 22.6. The van der Waals surface area contributed by atoms with Crippen molar-refractivity contribution in [3.63, 3.8) is 0 Å². The summed E-state index contributed by atoms with van der Waals surface area (Å²) in [7, 11) is 10.6. The number of nitrogens with one attached hydrogen (secondary N) is 5. The van der Waals surface area contributed by atoms with Crippen LogP contribution < -0.4 is 53.4 Å². The number of hydrogen-bond acceptors (Lipinski definition) is 9. The van der Waals surface area contributed by atoms with E-state index in [4.69, 9.17) is 0 Å². The number of halogens is 1. The molecule has 5 N–H and O–H groups in total. The summed E-state index contributed by atoms with van der Waals surface area (Å²) in [5, 5.41) is 14.2. The third kappa shape index (κ3) is 21.0. The molecule has 0 aliphatic carbocycles. The fourth-order valence-corrected chi connectivity index (χ4v) is 10.9. The average molecular weight is 1200 g/mol. The van der Waals surface area contributed by atoms with Gasteiger partial charge in [-0.1, -0.05) is 48.5 Å². The lowest BCUT2D eigenvalue weighted by Gasteiger charge is -2.19. The minimum absolute atomic E-state index is 0. The summed E-state index contributed by atoms with van der Waals surface area (Å²) in [5.74, 6) is 0.275. The van der Waals surface area contributed by atoms with Crippen molar-refractivity contribution >= 4 is 78.6 Å². The molecule has 4 aromatic rings. The molecule has 3 radical (unpaired) electrons. The van der Waals surface area contributed by atoms with Gasteiger partial charge in [0.2, 0.25) is 35.0 Å². The summed E-state index contributed by atoms with van der Waals surface area (Å²) in [5.41, 5.74) is 11.7. The molecule has 0 saturated carbocycles. The van der Waals surface area contributed by atoms with E-state index in [2.05, 4.69) is 165 Å². The highest BCUT2D eigenvalue weighted by atomic mass is 79.9. The maximum Gasteiger partial charge on any atom is 0.221 e. The van der Waals surface area contributed by atoms with E-state index in [1.807, 2.05) is 31.1 Å². The Bertz CT molecular complexity index is 2770. The molecular weight excluding hydrogens is 1100 g/mol. The van der Waals surface area contributed by atoms with Gasteiger partial charge in [-0.2, -0.15) is 9.15 Å². The summed E-state index contributed by atoms with van der Waals surface area (Å²) in [4.78, 5) is 62.7. The van der Waals surface area contributed by atoms with Gasteiger partial charge in [0.25, 0.3) is 0 Å². The van der Waals surface area contributed by atoms with E-state index >= 15 is 0 Å². The number of anilines is 2. The van der Waals surface area contributed by atoms with Crippen molar-refractivity contribution in [3.8, 4) is 0 Å². The molecule has 83 heavy (non-hydrogen) atoms. The molecule has 4 aliphatic heterocycles. The van der Waals surface area contributed by atoms with Crippen LogP contribution in [0.1, 0.15) is 132 Å². The van der Waals surface area contributed by atoms with Gasteiger partial charge in [0, 0.05) is 168 Å². The summed E-state index contributed by atoms with van der Waals surface area (Å²) < 4.78 is 4.77. The highest BCUT2D eigenvalue weighted by Gasteiger charge is 2.44. The molecular formula is C66H96BBrN10O5+. The Morgan fingerprint density at radius 3 is 1.55 bits per heavy atom. The fraction of sp³-hybridized carbons (Fsp3) is 0.500. The molecule has 0 spiro atoms. The molecule has 4 aliphatic rings. The maximum atomic E-state index is 11.7. The first-order valence-corrected chi connectivity index (χ1v) is 29.4. The number of fused-ring (bicyclic) bond motifs is 2. The van der Waals surface area contributed by atoms with Crippen molar-refractivity contribution in [3.05, 3.63) is 125 Å². The Labute approximate surface area is 509 Å². The number of benzene rings is 4. The first kappa shape index (κ1) is 70.8. The number of likely N-dealkylation sites (tertiary alicyclic amines) is 1. The number of hydrogen-bond donors (Lipinski definition) is 5. The zero-order chi connectivity index (χ0) is 59.0. The van der Waals surface area contributed by atoms with Gasteiger partial charge < -0.3 is 58.3 Å². The van der Waals surface area contributed by atoms with Crippen LogP contribution >= 0.6 is 0 Å². The van der Waals surface area contributed by atoms with Gasteiger partial charge in [-0.3, -0.25) is 24.0 Å². The monoisotopic (exact) mass is 1200 g/mol. The minimum atomic E-state index is -0.125. The number of amides is 4. The number of nitrogens with zero attached hydrogens (tertiary/aromatic N) is 5. The SMILES string of the molecule is C1CNC(CN2CCCC2)C1.CNC(=O)CCCC[N+]1=C(C)C(C)(C)c2ccccc21.CNC(=O)CCC[N+]1=C(/C=C/c2ccc(N(C)CCC(=O)NC)cc2)C(C)(C)c2ccccc21.CNC(=O)CCN(C)c1ccc(C=O)cc1.[B].[Br-]. The lowest BCUT2D eigenvalue weighted by molar-refractivity contribution is -0.439. The predicted molar refractivity (Wildman–Crippen MR) is 339 cm³/mol. The standard InChI is InChI=1S/C28H36N4O2.C17H24N2O.C12H16N2O2.C9H18N2.B.BrH/c1-28(2)23-9-6-7-10-24(23)32(19-8-11-26(33)29-3)25(28)17-14-21-12-15-22(16-13-21)31(5)20-18-27(34)30-4;1-13-17(2,3)14-9-5-6-10-15(14)19(13)12-8-7-11-16(20)18-4;1-13-12(16)7-8-14(2)11-5-3-10(9-15)4-6-11;1-2-7-11(6-1)8-9-4-3-5-10-9;;/h6-7,9-10,12-17H,8,11,18-20H2,1-5H3,(H-,29,30,33,34);5-6,9-10H,7-8,11-12H2,1-4H3;3-6,9H,7-8H2,1-2H3,(H,13,16);9-10H,1-8H2;;1H/p+1. The number of rotatable bonds is 22. The lowest BCUT2D eigenvalue weighted by atomic mass is 9.81. The molecule has 1 unspecified atom stereocenters. The van der Waals surface area contributed by atoms with E-state index < -0.39 is 0 Å². The molecule has 4 aromatic carbocycles. The van der Waals surface area contributed by atoms with Crippen molar-refractivity contribution in [1.82, 2.24) is 31.5 Å². The van der Waals surface area contributed by atoms with Crippen molar-refractivity contribution in [1.29, 1.82) is 0 Å². The van der Waals surface area contributed by atoms with Gasteiger partial charge in [-0.05, 0) is 127 Å². The van der Waals surface area contributed by atoms with Crippen LogP contribution in [0.5, 0.6) is 0 Å². The van der Waals surface area contributed by atoms with E-state index in [0.29, 0.717) is 44.3 Å². The van der Waals surface area contributed by atoms with Gasteiger partial charge in [0.1, 0.15) is 19.4 Å². The molecule has 15 nitrogen and oxygen atoms in total. The number of unbranched alkanes of at least 4 members (excludes halogenated alkanes) is 1. The minimum Gasteiger partial charge on any atom is -1.00 e. The van der Waals surface area contributed by atoms with Crippen LogP contribution in [0.15, 0.2) is 103 Å². The Hall–Kier alpha value is -6.43. The Morgan fingerprint density at radius 1 is 0.602 bits per heavy atom. The van der Waals surface area contributed by atoms with E-state index in [-0.39, 0.29) is 59.9 Å². The lowest BCUT2D eigenvalue weighted by Crippen LogP contribution is -3.00. The quantitative estimate of drug-likeness (QED) is 0.0301. The van der Waals surface area contributed by atoms with Gasteiger partial charge >= 0.3 is 0 Å². The Balaban J connectivity index is 0.000000313. The fourth-order valence-electron chi connectivity index (χ4n) is 10.9. The third-order valence-corrected chi connectivity index (χ3v) is 16.3. The van der Waals surface area contributed by atoms with E-state index in [9.17, 15) is 24.0 Å². The van der Waals surface area contributed by atoms with Crippen molar-refractivity contribution in [2.75, 3.05) is 104 Å². The Morgan fingerprint density at radius 2 is 1.06 bits per heavy atom. The zero-order valence-corrected chi connectivity index (χ0v) is 53.3. The molecule has 2 fully saturated rings. The largest absolute Gasteiger partial charge is 1.00 e. The van der Waals surface area contributed by atoms with Crippen LogP contribution in [0.2, 0.25) is 0 Å². The zero-order valence-electron chi connectivity index (χ0n) is 51.7. The number of para-hydroxylation sites is 2. The topological polar surface area (TPSA) is 161 Å². The second kappa shape index (κ2) is 35.7. The average Bonchev–Trinajstić information content (AvgIpc) is 4.37. The van der Waals surface area contributed by atoms with Crippen molar-refractivity contribution < 1.29 is 50.1 Å². The summed E-state index contributed by atoms with van der Waals surface area (Å²) in [6.07, 6.45) is 15.6. The molecule has 2 saturated heterocycles. The first-order valence-electron chi connectivity index (χ1n) is 29.4. The second-order valence-electron chi connectivity index (χ2n) is 22.6. The van der Waals surface area contributed by atoms with Gasteiger partial charge in [0.05, 0.1) is 10.8 Å². The molecule has 0 bridgehead atoms. The summed E-state index contributed by atoms with van der Waals surface area (Å²) in [6.45, 7) is 19.7. The molecule has 8 rings (SSSR count). The highest BCUT2D eigenvalue weighted by Crippen LogP contribution is 2.41.